The number of ether oxygens (including phenoxy) is 3. The Morgan fingerprint density at radius 3 is 2.39 bits per heavy atom. The van der Waals surface area contributed by atoms with Crippen LogP contribution >= 0.6 is 0 Å². The van der Waals surface area contributed by atoms with Crippen LogP contribution in [0.1, 0.15) is 19.4 Å². The van der Waals surface area contributed by atoms with E-state index in [0.717, 1.165) is 10.6 Å². The van der Waals surface area contributed by atoms with Crippen molar-refractivity contribution in [2.75, 3.05) is 31.4 Å². The first kappa shape index (κ1) is 24.0. The van der Waals surface area contributed by atoms with Gasteiger partial charge in [-0.2, -0.15) is 5.10 Å². The summed E-state index contributed by atoms with van der Waals surface area (Å²) in [4.78, 5) is 12.6. The molecule has 0 aromatic heterocycles. The van der Waals surface area contributed by atoms with Crippen molar-refractivity contribution in [3.8, 4) is 17.2 Å². The number of hydrazone groups is 1. The SMILES string of the molecule is CCOc1ccc(N([C@@H](C)C(=O)N/N=C\c2cccc(OC)c2OC)S(C)(=O)=O)cc1. The first-order valence-corrected chi connectivity index (χ1v) is 11.3. The summed E-state index contributed by atoms with van der Waals surface area (Å²) in [6, 6.07) is 10.6. The van der Waals surface area contributed by atoms with Gasteiger partial charge in [-0.25, -0.2) is 13.8 Å². The van der Waals surface area contributed by atoms with Crippen LogP contribution in [-0.4, -0.2) is 53.7 Å². The Labute approximate surface area is 182 Å². The van der Waals surface area contributed by atoms with Gasteiger partial charge < -0.3 is 14.2 Å². The average Bonchev–Trinajstić information content (AvgIpc) is 2.73. The Balaban J connectivity index is 2.20. The Morgan fingerprint density at radius 1 is 1.16 bits per heavy atom. The minimum Gasteiger partial charge on any atom is -0.494 e. The molecule has 0 unspecified atom stereocenters. The van der Waals surface area contributed by atoms with Crippen molar-refractivity contribution < 1.29 is 27.4 Å². The molecule has 0 heterocycles. The number of amides is 1. The van der Waals surface area contributed by atoms with Gasteiger partial charge in [0.2, 0.25) is 10.0 Å². The van der Waals surface area contributed by atoms with Gasteiger partial charge in [0.15, 0.2) is 11.5 Å². The number of carbonyl (C=O) groups excluding carboxylic acids is 1. The first-order valence-electron chi connectivity index (χ1n) is 9.49. The number of hydrogen-bond acceptors (Lipinski definition) is 7. The van der Waals surface area contributed by atoms with Crippen molar-refractivity contribution in [2.45, 2.75) is 19.9 Å². The van der Waals surface area contributed by atoms with E-state index in [9.17, 15) is 13.2 Å². The minimum absolute atomic E-state index is 0.340. The molecule has 0 saturated carbocycles. The maximum atomic E-state index is 12.6. The van der Waals surface area contributed by atoms with Crippen LogP contribution in [0.4, 0.5) is 5.69 Å². The number of methoxy groups -OCH3 is 2. The molecule has 2 aromatic rings. The van der Waals surface area contributed by atoms with Crippen molar-refractivity contribution >= 4 is 27.8 Å². The lowest BCUT2D eigenvalue weighted by atomic mass is 10.2. The van der Waals surface area contributed by atoms with Gasteiger partial charge in [0.1, 0.15) is 11.8 Å². The zero-order valence-corrected chi connectivity index (χ0v) is 19.0. The lowest BCUT2D eigenvalue weighted by molar-refractivity contribution is -0.121. The fourth-order valence-electron chi connectivity index (χ4n) is 2.94. The van der Waals surface area contributed by atoms with E-state index in [2.05, 4.69) is 10.5 Å². The maximum Gasteiger partial charge on any atom is 0.263 e. The third-order valence-electron chi connectivity index (χ3n) is 4.30. The van der Waals surface area contributed by atoms with Gasteiger partial charge in [-0.3, -0.25) is 9.10 Å². The lowest BCUT2D eigenvalue weighted by Gasteiger charge is -2.27. The minimum atomic E-state index is -3.74. The summed E-state index contributed by atoms with van der Waals surface area (Å²) in [6.45, 7) is 3.82. The van der Waals surface area contributed by atoms with Crippen LogP contribution in [0.15, 0.2) is 47.6 Å². The van der Waals surface area contributed by atoms with Gasteiger partial charge in [-0.1, -0.05) is 6.07 Å². The van der Waals surface area contributed by atoms with Crippen molar-refractivity contribution in [3.05, 3.63) is 48.0 Å². The monoisotopic (exact) mass is 449 g/mol. The van der Waals surface area contributed by atoms with Crippen LogP contribution in [0.5, 0.6) is 17.2 Å². The van der Waals surface area contributed by atoms with Crippen molar-refractivity contribution in [1.82, 2.24) is 5.43 Å². The number of carbonyl (C=O) groups is 1. The summed E-state index contributed by atoms with van der Waals surface area (Å²) in [5.41, 5.74) is 3.30. The van der Waals surface area contributed by atoms with Gasteiger partial charge in [0.05, 0.1) is 39.0 Å². The fraction of sp³-hybridized carbons (Fsp3) is 0.333. The van der Waals surface area contributed by atoms with E-state index in [-0.39, 0.29) is 0 Å². The molecule has 1 atom stereocenters. The highest BCUT2D eigenvalue weighted by molar-refractivity contribution is 7.92. The Kier molecular flexibility index (Phi) is 8.26. The summed E-state index contributed by atoms with van der Waals surface area (Å²) < 4.78 is 41.7. The zero-order valence-electron chi connectivity index (χ0n) is 18.2. The highest BCUT2D eigenvalue weighted by Crippen LogP contribution is 2.29. The van der Waals surface area contributed by atoms with Gasteiger partial charge in [0, 0.05) is 5.56 Å². The maximum absolute atomic E-state index is 12.6. The summed E-state index contributed by atoms with van der Waals surface area (Å²) in [7, 11) is -0.727. The molecule has 1 N–H and O–H groups in total. The number of rotatable bonds is 10. The Hall–Kier alpha value is -3.27. The zero-order chi connectivity index (χ0) is 23.0. The second-order valence-corrected chi connectivity index (χ2v) is 8.34. The van der Waals surface area contributed by atoms with E-state index < -0.39 is 22.0 Å². The number of nitrogens with one attached hydrogen (secondary N) is 1. The van der Waals surface area contributed by atoms with Crippen LogP contribution < -0.4 is 23.9 Å². The summed E-state index contributed by atoms with van der Waals surface area (Å²) in [5, 5.41) is 3.94. The Bertz CT molecular complexity index is 1020. The molecule has 10 heteroatoms. The molecule has 0 saturated heterocycles. The molecule has 168 valence electrons. The van der Waals surface area contributed by atoms with E-state index in [0.29, 0.717) is 35.1 Å². The normalized spacial score (nSPS) is 12.3. The topological polar surface area (TPSA) is 107 Å². The highest BCUT2D eigenvalue weighted by atomic mass is 32.2. The second kappa shape index (κ2) is 10.7. The van der Waals surface area contributed by atoms with Crippen LogP contribution in [0.2, 0.25) is 0 Å². The number of hydrogen-bond donors (Lipinski definition) is 1. The predicted molar refractivity (Wildman–Crippen MR) is 120 cm³/mol. The predicted octanol–water partition coefficient (Wildman–Crippen LogP) is 2.41. The largest absolute Gasteiger partial charge is 0.494 e. The average molecular weight is 450 g/mol. The molecular formula is C21H27N3O6S. The van der Waals surface area contributed by atoms with Crippen LogP contribution in [0.25, 0.3) is 0 Å². The van der Waals surface area contributed by atoms with Crippen molar-refractivity contribution in [3.63, 3.8) is 0 Å². The smallest absolute Gasteiger partial charge is 0.263 e. The molecule has 1 amide bonds. The number of anilines is 1. The van der Waals surface area contributed by atoms with Gasteiger partial charge >= 0.3 is 0 Å². The third-order valence-corrected chi connectivity index (χ3v) is 5.54. The third kappa shape index (κ3) is 6.11. The van der Waals surface area contributed by atoms with Gasteiger partial charge in [0.25, 0.3) is 5.91 Å². The summed E-state index contributed by atoms with van der Waals surface area (Å²) >= 11 is 0. The number of nitrogens with zero attached hydrogens (tertiary/aromatic N) is 2. The molecule has 0 fully saturated rings. The Morgan fingerprint density at radius 2 is 1.84 bits per heavy atom. The molecule has 2 aromatic carbocycles. The lowest BCUT2D eigenvalue weighted by Crippen LogP contribution is -2.46. The quantitative estimate of drug-likeness (QED) is 0.441. The molecule has 0 bridgehead atoms. The van der Waals surface area contributed by atoms with Gasteiger partial charge in [-0.15, -0.1) is 0 Å². The molecule has 9 nitrogen and oxygen atoms in total. The molecule has 0 radical (unpaired) electrons. The van der Waals surface area contributed by atoms with Crippen molar-refractivity contribution in [2.24, 2.45) is 5.10 Å². The van der Waals surface area contributed by atoms with E-state index in [1.807, 2.05) is 6.92 Å². The number of sulfonamides is 1. The van der Waals surface area contributed by atoms with Gasteiger partial charge in [-0.05, 0) is 50.2 Å². The van der Waals surface area contributed by atoms with E-state index in [1.54, 1.807) is 42.5 Å². The molecule has 0 aliphatic rings. The van der Waals surface area contributed by atoms with E-state index >= 15 is 0 Å². The van der Waals surface area contributed by atoms with Crippen LogP contribution in [-0.2, 0) is 14.8 Å². The standard InChI is InChI=1S/C21H27N3O6S/c1-6-30-18-12-10-17(11-13-18)24(31(5,26)27)15(2)21(25)23-22-14-16-8-7-9-19(28-3)20(16)29-4/h7-15H,6H2,1-5H3,(H,23,25)/b22-14-/t15-/m0/s1. The fourth-order valence-corrected chi connectivity index (χ4v) is 4.11. The van der Waals surface area contributed by atoms with Crippen LogP contribution in [0.3, 0.4) is 0 Å². The molecule has 2 rings (SSSR count). The van der Waals surface area contributed by atoms with Crippen LogP contribution in [0, 0.1) is 0 Å². The molecule has 0 aliphatic heterocycles. The molecule has 31 heavy (non-hydrogen) atoms. The van der Waals surface area contributed by atoms with Crippen molar-refractivity contribution in [1.29, 1.82) is 0 Å². The van der Waals surface area contributed by atoms with E-state index in [4.69, 9.17) is 14.2 Å². The molecule has 0 aliphatic carbocycles. The highest BCUT2D eigenvalue weighted by Gasteiger charge is 2.29. The molecular weight excluding hydrogens is 422 g/mol. The number of para-hydroxylation sites is 1. The summed E-state index contributed by atoms with van der Waals surface area (Å²) in [5.74, 6) is 0.985. The summed E-state index contributed by atoms with van der Waals surface area (Å²) in [6.07, 6.45) is 2.44. The second-order valence-electron chi connectivity index (χ2n) is 6.48. The molecule has 0 spiro atoms. The van der Waals surface area contributed by atoms with E-state index in [1.165, 1.54) is 27.4 Å². The first-order chi connectivity index (χ1) is 14.7. The number of benzene rings is 2.